The number of carboxylic acid groups (broad SMARTS) is 1. The summed E-state index contributed by atoms with van der Waals surface area (Å²) in [4.78, 5) is 22.9. The number of carbonyl (C=O) groups is 2. The first-order valence-electron chi connectivity index (χ1n) is 6.30. The van der Waals surface area contributed by atoms with Crippen molar-refractivity contribution in [1.29, 1.82) is 0 Å². The number of carbonyl (C=O) groups excluding carboxylic acids is 1. The first kappa shape index (κ1) is 15.8. The minimum Gasteiger partial charge on any atom is -0.495 e. The van der Waals surface area contributed by atoms with Crippen LogP contribution in [-0.2, 0) is 4.79 Å². The van der Waals surface area contributed by atoms with E-state index in [0.29, 0.717) is 11.4 Å². The molecule has 1 aromatic carbocycles. The molecular weight excluding hydrogens is 260 g/mol. The molecule has 0 aliphatic rings. The highest BCUT2D eigenvalue weighted by Gasteiger charge is 2.23. The Kier molecular flexibility index (Phi) is 5.37. The first-order valence-corrected chi connectivity index (χ1v) is 6.30. The van der Waals surface area contributed by atoms with E-state index in [0.717, 1.165) is 5.56 Å². The lowest BCUT2D eigenvalue weighted by atomic mass is 10.1. The van der Waals surface area contributed by atoms with E-state index in [4.69, 9.17) is 9.84 Å². The quantitative estimate of drug-likeness (QED) is 0.771. The largest absolute Gasteiger partial charge is 0.495 e. The van der Waals surface area contributed by atoms with Gasteiger partial charge >= 0.3 is 12.0 Å². The van der Waals surface area contributed by atoms with E-state index >= 15 is 0 Å². The maximum Gasteiger partial charge on any atom is 0.326 e. The molecule has 6 nitrogen and oxygen atoms in total. The molecule has 6 heteroatoms. The number of aryl methyl sites for hydroxylation is 1. The first-order chi connectivity index (χ1) is 9.35. The second-order valence-corrected chi connectivity index (χ2v) is 4.86. The number of urea groups is 1. The van der Waals surface area contributed by atoms with Crippen LogP contribution >= 0.6 is 0 Å². The summed E-state index contributed by atoms with van der Waals surface area (Å²) in [5, 5.41) is 14.1. The number of rotatable bonds is 5. The van der Waals surface area contributed by atoms with Crippen molar-refractivity contribution in [2.75, 3.05) is 12.4 Å². The summed E-state index contributed by atoms with van der Waals surface area (Å²) < 4.78 is 5.14. The smallest absolute Gasteiger partial charge is 0.326 e. The summed E-state index contributed by atoms with van der Waals surface area (Å²) in [6.07, 6.45) is 0. The Balaban J connectivity index is 2.80. The van der Waals surface area contributed by atoms with Crippen LogP contribution in [-0.4, -0.2) is 30.3 Å². The minimum atomic E-state index is -1.06. The molecule has 0 unspecified atom stereocenters. The second-order valence-electron chi connectivity index (χ2n) is 4.86. The molecule has 0 saturated carbocycles. The van der Waals surface area contributed by atoms with Gasteiger partial charge in [0.2, 0.25) is 0 Å². The predicted molar refractivity (Wildman–Crippen MR) is 76.1 cm³/mol. The van der Waals surface area contributed by atoms with Crippen LogP contribution < -0.4 is 15.4 Å². The molecule has 20 heavy (non-hydrogen) atoms. The third-order valence-electron chi connectivity index (χ3n) is 2.82. The lowest BCUT2D eigenvalue weighted by molar-refractivity contribution is -0.140. The number of benzene rings is 1. The SMILES string of the molecule is COc1ccc(C)cc1NC(=O)N[C@H](C(=O)O)C(C)C. The highest BCUT2D eigenvalue weighted by Crippen LogP contribution is 2.25. The third kappa shape index (κ3) is 4.15. The molecule has 0 heterocycles. The molecule has 0 fully saturated rings. The Labute approximate surface area is 118 Å². The molecule has 0 spiro atoms. The average Bonchev–Trinajstić information content (AvgIpc) is 2.35. The molecule has 0 aliphatic heterocycles. The number of aliphatic carboxylic acids is 1. The fraction of sp³-hybridized carbons (Fsp3) is 0.429. The zero-order chi connectivity index (χ0) is 15.3. The monoisotopic (exact) mass is 280 g/mol. The topological polar surface area (TPSA) is 87.7 Å². The summed E-state index contributed by atoms with van der Waals surface area (Å²) in [5.41, 5.74) is 1.46. The molecule has 1 aromatic rings. The van der Waals surface area contributed by atoms with E-state index in [2.05, 4.69) is 10.6 Å². The molecule has 0 aliphatic carbocycles. The number of ether oxygens (including phenoxy) is 1. The maximum atomic E-state index is 11.9. The van der Waals surface area contributed by atoms with Gasteiger partial charge in [0.25, 0.3) is 0 Å². The fourth-order valence-corrected chi connectivity index (χ4v) is 1.73. The highest BCUT2D eigenvalue weighted by atomic mass is 16.5. The van der Waals surface area contributed by atoms with Crippen LogP contribution in [0.5, 0.6) is 5.75 Å². The summed E-state index contributed by atoms with van der Waals surface area (Å²) >= 11 is 0. The lowest BCUT2D eigenvalue weighted by Gasteiger charge is -2.19. The molecule has 0 aromatic heterocycles. The number of amides is 2. The molecule has 0 radical (unpaired) electrons. The number of anilines is 1. The van der Waals surface area contributed by atoms with E-state index in [-0.39, 0.29) is 5.92 Å². The Morgan fingerprint density at radius 1 is 1.30 bits per heavy atom. The van der Waals surface area contributed by atoms with Gasteiger partial charge in [0, 0.05) is 0 Å². The molecule has 1 atom stereocenters. The van der Waals surface area contributed by atoms with Crippen molar-refractivity contribution in [2.24, 2.45) is 5.92 Å². The molecule has 3 N–H and O–H groups in total. The van der Waals surface area contributed by atoms with Crippen LogP contribution in [0.4, 0.5) is 10.5 Å². The van der Waals surface area contributed by atoms with Gasteiger partial charge in [-0.3, -0.25) is 0 Å². The lowest BCUT2D eigenvalue weighted by Crippen LogP contribution is -2.46. The number of nitrogens with one attached hydrogen (secondary N) is 2. The van der Waals surface area contributed by atoms with Gasteiger partial charge in [-0.25, -0.2) is 9.59 Å². The van der Waals surface area contributed by atoms with Gasteiger partial charge in [0.15, 0.2) is 0 Å². The Morgan fingerprint density at radius 2 is 1.95 bits per heavy atom. The maximum absolute atomic E-state index is 11.9. The van der Waals surface area contributed by atoms with Gasteiger partial charge in [-0.15, -0.1) is 0 Å². The van der Waals surface area contributed by atoms with Crippen molar-refractivity contribution in [3.8, 4) is 5.75 Å². The summed E-state index contributed by atoms with van der Waals surface area (Å²) in [5.74, 6) is -0.758. The van der Waals surface area contributed by atoms with Crippen LogP contribution in [0.2, 0.25) is 0 Å². The number of hydrogen-bond acceptors (Lipinski definition) is 3. The summed E-state index contributed by atoms with van der Waals surface area (Å²) in [6.45, 7) is 5.34. The average molecular weight is 280 g/mol. The highest BCUT2D eigenvalue weighted by molar-refractivity contribution is 5.93. The standard InChI is InChI=1S/C14H20N2O4/c1-8(2)12(13(17)18)16-14(19)15-10-7-9(3)5-6-11(10)20-4/h5-8,12H,1-4H3,(H,17,18)(H2,15,16,19)/t12-/m0/s1. The predicted octanol–water partition coefficient (Wildman–Crippen LogP) is 2.23. The molecule has 110 valence electrons. The van der Waals surface area contributed by atoms with E-state index in [9.17, 15) is 9.59 Å². The molecule has 0 saturated heterocycles. The fourth-order valence-electron chi connectivity index (χ4n) is 1.73. The van der Waals surface area contributed by atoms with Gasteiger partial charge < -0.3 is 20.5 Å². The zero-order valence-corrected chi connectivity index (χ0v) is 12.1. The summed E-state index contributed by atoms with van der Waals surface area (Å²) in [6, 6.07) is 3.84. The third-order valence-corrected chi connectivity index (χ3v) is 2.82. The van der Waals surface area contributed by atoms with Gasteiger partial charge in [0.1, 0.15) is 11.8 Å². The van der Waals surface area contributed by atoms with E-state index in [1.54, 1.807) is 26.0 Å². The van der Waals surface area contributed by atoms with Crippen LogP contribution in [0.3, 0.4) is 0 Å². The van der Waals surface area contributed by atoms with E-state index < -0.39 is 18.0 Å². The Bertz CT molecular complexity index is 500. The van der Waals surface area contributed by atoms with Gasteiger partial charge in [-0.1, -0.05) is 19.9 Å². The van der Waals surface area contributed by atoms with Crippen LogP contribution in [0.15, 0.2) is 18.2 Å². The number of carboxylic acids is 1. The van der Waals surface area contributed by atoms with Crippen molar-refractivity contribution in [3.63, 3.8) is 0 Å². The van der Waals surface area contributed by atoms with Crippen LogP contribution in [0.1, 0.15) is 19.4 Å². The normalized spacial score (nSPS) is 11.8. The van der Waals surface area contributed by atoms with Crippen molar-refractivity contribution in [1.82, 2.24) is 5.32 Å². The van der Waals surface area contributed by atoms with Crippen LogP contribution in [0.25, 0.3) is 0 Å². The molecule has 2 amide bonds. The number of methoxy groups -OCH3 is 1. The van der Waals surface area contributed by atoms with Gasteiger partial charge in [-0.2, -0.15) is 0 Å². The van der Waals surface area contributed by atoms with Crippen molar-refractivity contribution >= 4 is 17.7 Å². The minimum absolute atomic E-state index is 0.211. The summed E-state index contributed by atoms with van der Waals surface area (Å²) in [7, 11) is 1.50. The Hall–Kier alpha value is -2.24. The van der Waals surface area contributed by atoms with Crippen LogP contribution in [0, 0.1) is 12.8 Å². The van der Waals surface area contributed by atoms with Crippen molar-refractivity contribution < 1.29 is 19.4 Å². The van der Waals surface area contributed by atoms with Crippen molar-refractivity contribution in [3.05, 3.63) is 23.8 Å². The Morgan fingerprint density at radius 3 is 2.45 bits per heavy atom. The number of hydrogen-bond donors (Lipinski definition) is 3. The molecular formula is C14H20N2O4. The van der Waals surface area contributed by atoms with Gasteiger partial charge in [-0.05, 0) is 30.5 Å². The van der Waals surface area contributed by atoms with Gasteiger partial charge in [0.05, 0.1) is 12.8 Å². The second kappa shape index (κ2) is 6.79. The molecule has 1 rings (SSSR count). The van der Waals surface area contributed by atoms with Crippen molar-refractivity contribution in [2.45, 2.75) is 26.8 Å². The van der Waals surface area contributed by atoms with E-state index in [1.807, 2.05) is 13.0 Å². The van der Waals surface area contributed by atoms with E-state index in [1.165, 1.54) is 7.11 Å². The molecule has 0 bridgehead atoms. The zero-order valence-electron chi connectivity index (χ0n) is 12.1.